The van der Waals surface area contributed by atoms with Crippen molar-refractivity contribution in [3.8, 4) is 0 Å². The number of carbonyl (C=O) groups is 2. The number of carbonyl (C=O) groups excluding carboxylic acids is 1. The van der Waals surface area contributed by atoms with E-state index in [9.17, 15) is 9.59 Å². The number of hydrogen-bond acceptors (Lipinski definition) is 6. The number of hydrogen-bond donors (Lipinski definition) is 1. The molecule has 2 aliphatic heterocycles. The lowest BCUT2D eigenvalue weighted by Crippen LogP contribution is -2.29. The van der Waals surface area contributed by atoms with E-state index < -0.39 is 5.97 Å². The molecule has 39 heavy (non-hydrogen) atoms. The largest absolute Gasteiger partial charge is 0.481 e. The Morgan fingerprint density at radius 2 is 1.67 bits per heavy atom. The van der Waals surface area contributed by atoms with E-state index in [1.54, 1.807) is 4.90 Å². The Kier molecular flexibility index (Phi) is 8.54. The number of unbranched alkanes of at least 4 members (excludes halogenated alkanes) is 2. The van der Waals surface area contributed by atoms with Crippen LogP contribution in [0.4, 0.5) is 5.69 Å². The summed E-state index contributed by atoms with van der Waals surface area (Å²) >= 11 is 6.76. The van der Waals surface area contributed by atoms with Gasteiger partial charge in [-0.15, -0.1) is 0 Å². The Labute approximate surface area is 238 Å². The molecule has 2 aliphatic rings. The zero-order valence-electron chi connectivity index (χ0n) is 21.4. The highest BCUT2D eigenvalue weighted by atomic mass is 32.2. The maximum atomic E-state index is 13.0. The lowest BCUT2D eigenvalue weighted by Gasteiger charge is -2.24. The summed E-state index contributed by atoms with van der Waals surface area (Å²) in [6, 6.07) is 28.9. The van der Waals surface area contributed by atoms with Crippen molar-refractivity contribution in [1.29, 1.82) is 0 Å². The SMILES string of the molecule is O=C(O)CCCCCN1C(=O)/C(=C/c2ccc(N3N=C(c4ccccc4)CC3c3ccccc3)cc2)SC1=S. The fourth-order valence-corrected chi connectivity index (χ4v) is 6.09. The average Bonchev–Trinajstić information content (AvgIpc) is 3.51. The highest BCUT2D eigenvalue weighted by molar-refractivity contribution is 8.26. The molecule has 1 atom stereocenters. The van der Waals surface area contributed by atoms with Crippen LogP contribution in [0.15, 0.2) is 94.9 Å². The van der Waals surface area contributed by atoms with Gasteiger partial charge in [0.1, 0.15) is 4.32 Å². The fourth-order valence-electron chi connectivity index (χ4n) is 4.78. The first-order valence-electron chi connectivity index (χ1n) is 13.0. The van der Waals surface area contributed by atoms with E-state index in [0.29, 0.717) is 22.2 Å². The Morgan fingerprint density at radius 3 is 2.36 bits per heavy atom. The fraction of sp³-hybridized carbons (Fsp3) is 0.226. The molecule has 198 valence electrons. The zero-order chi connectivity index (χ0) is 27.2. The summed E-state index contributed by atoms with van der Waals surface area (Å²) in [7, 11) is 0. The van der Waals surface area contributed by atoms with Crippen molar-refractivity contribution in [2.24, 2.45) is 5.10 Å². The van der Waals surface area contributed by atoms with E-state index >= 15 is 0 Å². The first-order valence-corrected chi connectivity index (χ1v) is 14.3. The van der Waals surface area contributed by atoms with Crippen LogP contribution < -0.4 is 5.01 Å². The molecule has 0 aliphatic carbocycles. The summed E-state index contributed by atoms with van der Waals surface area (Å²) in [5.74, 6) is -0.883. The van der Waals surface area contributed by atoms with Crippen LogP contribution in [0.3, 0.4) is 0 Å². The molecule has 8 heteroatoms. The van der Waals surface area contributed by atoms with Crippen LogP contribution in [-0.4, -0.2) is 38.5 Å². The van der Waals surface area contributed by atoms with Crippen LogP contribution in [-0.2, 0) is 9.59 Å². The molecule has 0 aromatic heterocycles. The molecule has 3 aromatic carbocycles. The van der Waals surface area contributed by atoms with Crippen LogP contribution in [0.1, 0.15) is 54.8 Å². The second kappa shape index (κ2) is 12.4. The molecule has 6 nitrogen and oxygen atoms in total. The Balaban J connectivity index is 1.30. The van der Waals surface area contributed by atoms with Gasteiger partial charge in [0.15, 0.2) is 0 Å². The molecular formula is C31H29N3O3S2. The Hall–Kier alpha value is -3.75. The maximum absolute atomic E-state index is 13.0. The molecular weight excluding hydrogens is 526 g/mol. The van der Waals surface area contributed by atoms with Gasteiger partial charge in [-0.2, -0.15) is 5.10 Å². The van der Waals surface area contributed by atoms with Crippen LogP contribution in [0.2, 0.25) is 0 Å². The maximum Gasteiger partial charge on any atom is 0.303 e. The Bertz CT molecular complexity index is 1410. The third-order valence-electron chi connectivity index (χ3n) is 6.80. The van der Waals surface area contributed by atoms with E-state index in [0.717, 1.165) is 41.8 Å². The third kappa shape index (κ3) is 6.46. The van der Waals surface area contributed by atoms with Gasteiger partial charge in [0.2, 0.25) is 0 Å². The summed E-state index contributed by atoms with van der Waals surface area (Å²) < 4.78 is 0.548. The predicted octanol–water partition coefficient (Wildman–Crippen LogP) is 6.89. The normalized spacial score (nSPS) is 18.2. The van der Waals surface area contributed by atoms with E-state index in [1.807, 2.05) is 54.6 Å². The van der Waals surface area contributed by atoms with E-state index in [-0.39, 0.29) is 18.4 Å². The van der Waals surface area contributed by atoms with Crippen molar-refractivity contribution >= 4 is 57.7 Å². The number of carboxylic acids is 1. The number of carboxylic acid groups (broad SMARTS) is 1. The van der Waals surface area contributed by atoms with E-state index in [4.69, 9.17) is 22.4 Å². The van der Waals surface area contributed by atoms with E-state index in [1.165, 1.54) is 17.3 Å². The topological polar surface area (TPSA) is 73.2 Å². The number of benzene rings is 3. The monoisotopic (exact) mass is 555 g/mol. The summed E-state index contributed by atoms with van der Waals surface area (Å²) in [6.07, 6.45) is 4.92. The van der Waals surface area contributed by atoms with Gasteiger partial charge in [0.05, 0.1) is 22.3 Å². The quantitative estimate of drug-likeness (QED) is 0.167. The van der Waals surface area contributed by atoms with Crippen molar-refractivity contribution in [1.82, 2.24) is 4.90 Å². The van der Waals surface area contributed by atoms with Gasteiger partial charge in [0, 0.05) is 19.4 Å². The van der Waals surface area contributed by atoms with Gasteiger partial charge in [0.25, 0.3) is 5.91 Å². The molecule has 1 fully saturated rings. The number of amides is 1. The van der Waals surface area contributed by atoms with Gasteiger partial charge in [-0.05, 0) is 47.7 Å². The van der Waals surface area contributed by atoms with Crippen molar-refractivity contribution in [3.63, 3.8) is 0 Å². The van der Waals surface area contributed by atoms with Crippen LogP contribution in [0.5, 0.6) is 0 Å². The number of thiocarbonyl (C=S) groups is 1. The number of nitrogens with zero attached hydrogens (tertiary/aromatic N) is 3. The smallest absolute Gasteiger partial charge is 0.303 e. The predicted molar refractivity (Wildman–Crippen MR) is 162 cm³/mol. The minimum absolute atomic E-state index is 0.0897. The van der Waals surface area contributed by atoms with Crippen molar-refractivity contribution in [3.05, 3.63) is 107 Å². The van der Waals surface area contributed by atoms with Crippen LogP contribution in [0.25, 0.3) is 6.08 Å². The molecule has 0 saturated carbocycles. The molecule has 1 unspecified atom stereocenters. The molecule has 0 spiro atoms. The highest BCUT2D eigenvalue weighted by Crippen LogP contribution is 2.37. The first-order chi connectivity index (χ1) is 19.0. The summed E-state index contributed by atoms with van der Waals surface area (Å²) in [5.41, 5.74) is 5.30. The summed E-state index contributed by atoms with van der Waals surface area (Å²) in [6.45, 7) is 0.512. The van der Waals surface area contributed by atoms with Crippen LogP contribution >= 0.6 is 24.0 Å². The van der Waals surface area contributed by atoms with Crippen molar-refractivity contribution in [2.75, 3.05) is 11.6 Å². The third-order valence-corrected chi connectivity index (χ3v) is 8.18. The molecule has 0 radical (unpaired) electrons. The number of anilines is 1. The zero-order valence-corrected chi connectivity index (χ0v) is 23.0. The molecule has 0 bridgehead atoms. The van der Waals surface area contributed by atoms with Gasteiger partial charge >= 0.3 is 5.97 Å². The van der Waals surface area contributed by atoms with Crippen molar-refractivity contribution in [2.45, 2.75) is 38.1 Å². The molecule has 3 aromatic rings. The number of hydrazone groups is 1. The molecule has 1 saturated heterocycles. The lowest BCUT2D eigenvalue weighted by atomic mass is 9.98. The highest BCUT2D eigenvalue weighted by Gasteiger charge is 2.32. The van der Waals surface area contributed by atoms with Gasteiger partial charge < -0.3 is 5.11 Å². The Morgan fingerprint density at radius 1 is 0.974 bits per heavy atom. The summed E-state index contributed by atoms with van der Waals surface area (Å²) in [5, 5.41) is 15.9. The van der Waals surface area contributed by atoms with Crippen LogP contribution in [0, 0.1) is 0 Å². The standard InChI is InChI=1S/C31H29N3O3S2/c35-29(36)14-8-3-9-19-33-30(37)28(39-31(33)38)20-22-15-17-25(18-16-22)34-27(24-12-6-2-7-13-24)21-26(32-34)23-10-4-1-5-11-23/h1-2,4-7,10-13,15-18,20,27H,3,8-9,14,19,21H2,(H,35,36)/b28-20-. The number of aliphatic carboxylic acids is 1. The molecule has 2 heterocycles. The summed E-state index contributed by atoms with van der Waals surface area (Å²) in [4.78, 5) is 25.9. The molecule has 5 rings (SSSR count). The second-order valence-corrected chi connectivity index (χ2v) is 11.2. The molecule has 1 amide bonds. The second-order valence-electron chi connectivity index (χ2n) is 9.52. The van der Waals surface area contributed by atoms with Gasteiger partial charge in [-0.25, -0.2) is 0 Å². The van der Waals surface area contributed by atoms with Gasteiger partial charge in [-0.3, -0.25) is 19.5 Å². The minimum atomic E-state index is -0.793. The van der Waals surface area contributed by atoms with Gasteiger partial charge in [-0.1, -0.05) is 103 Å². The minimum Gasteiger partial charge on any atom is -0.481 e. The first kappa shape index (κ1) is 26.8. The lowest BCUT2D eigenvalue weighted by molar-refractivity contribution is -0.137. The number of thioether (sulfide) groups is 1. The van der Waals surface area contributed by atoms with Crippen molar-refractivity contribution < 1.29 is 14.7 Å². The molecule has 1 N–H and O–H groups in total. The number of rotatable bonds is 10. The van der Waals surface area contributed by atoms with E-state index in [2.05, 4.69) is 41.4 Å². The average molecular weight is 556 g/mol.